The smallest absolute Gasteiger partial charge is 0.253 e. The molecule has 2 aliphatic rings. The topological polar surface area (TPSA) is 107 Å². The lowest BCUT2D eigenvalue weighted by atomic mass is 10.0. The van der Waals surface area contributed by atoms with Crippen LogP contribution in [0.25, 0.3) is 0 Å². The molecule has 2 aromatic rings. The Morgan fingerprint density at radius 2 is 1.90 bits per heavy atom. The average molecular weight is 542 g/mol. The molecule has 1 aromatic heterocycles. The van der Waals surface area contributed by atoms with Crippen molar-refractivity contribution in [2.45, 2.75) is 52.0 Å². The molecule has 2 amide bonds. The number of fused-ring (bicyclic) bond motifs is 2. The second-order valence-electron chi connectivity index (χ2n) is 11.0. The predicted octanol–water partition coefficient (Wildman–Crippen LogP) is 1.33. The molecule has 2 bridgehead atoms. The summed E-state index contributed by atoms with van der Waals surface area (Å²) in [5, 5.41) is 18.2. The number of benzene rings is 1. The van der Waals surface area contributed by atoms with Crippen molar-refractivity contribution in [1.82, 2.24) is 29.7 Å². The van der Waals surface area contributed by atoms with E-state index in [1.165, 1.54) is 0 Å². The highest BCUT2D eigenvalue weighted by atomic mass is 16.5. The van der Waals surface area contributed by atoms with E-state index in [0.717, 1.165) is 31.9 Å². The van der Waals surface area contributed by atoms with E-state index in [1.54, 1.807) is 21.5 Å². The number of amides is 2. The lowest BCUT2D eigenvalue weighted by Crippen LogP contribution is -2.47. The van der Waals surface area contributed by atoms with Gasteiger partial charge in [0.05, 0.1) is 31.6 Å². The highest BCUT2D eigenvalue weighted by molar-refractivity contribution is 5.94. The van der Waals surface area contributed by atoms with Crippen molar-refractivity contribution in [3.05, 3.63) is 41.7 Å². The van der Waals surface area contributed by atoms with Crippen molar-refractivity contribution in [2.24, 2.45) is 5.92 Å². The Hall–Kier alpha value is -3.02. The number of hydrogen-bond donors (Lipinski definition) is 1. The molecule has 3 atom stereocenters. The number of aromatic nitrogens is 3. The molecule has 2 aliphatic heterocycles. The van der Waals surface area contributed by atoms with Crippen LogP contribution in [0.15, 0.2) is 30.5 Å². The summed E-state index contributed by atoms with van der Waals surface area (Å²) in [5.41, 5.74) is 2.47. The third-order valence-electron chi connectivity index (χ3n) is 7.83. The van der Waals surface area contributed by atoms with Crippen molar-refractivity contribution in [1.29, 1.82) is 0 Å². The van der Waals surface area contributed by atoms with Crippen molar-refractivity contribution in [3.8, 4) is 0 Å². The maximum Gasteiger partial charge on any atom is 0.253 e. The van der Waals surface area contributed by atoms with Crippen molar-refractivity contribution in [2.75, 3.05) is 64.9 Å². The summed E-state index contributed by atoms with van der Waals surface area (Å²) in [6.45, 7) is 9.40. The Morgan fingerprint density at radius 3 is 2.59 bits per heavy atom. The van der Waals surface area contributed by atoms with Gasteiger partial charge in [-0.3, -0.25) is 14.3 Å². The van der Waals surface area contributed by atoms with E-state index >= 15 is 0 Å². The molecule has 214 valence electrons. The van der Waals surface area contributed by atoms with E-state index in [2.05, 4.69) is 27.2 Å². The van der Waals surface area contributed by atoms with Gasteiger partial charge in [0.1, 0.15) is 5.69 Å². The molecule has 0 radical (unpaired) electrons. The van der Waals surface area contributed by atoms with Crippen LogP contribution in [-0.4, -0.2) is 119 Å². The lowest BCUT2D eigenvalue weighted by Gasteiger charge is -2.35. The number of rotatable bonds is 6. The van der Waals surface area contributed by atoms with E-state index in [0.29, 0.717) is 43.7 Å². The Balaban J connectivity index is 1.46. The Bertz CT molecular complexity index is 1080. The maximum atomic E-state index is 13.4. The minimum Gasteiger partial charge on any atom is -0.394 e. The van der Waals surface area contributed by atoms with Crippen molar-refractivity contribution in [3.63, 3.8) is 0 Å². The molecule has 3 heterocycles. The number of carbonyl (C=O) groups is 2. The molecule has 1 N–H and O–H groups in total. The molecule has 1 saturated heterocycles. The molecule has 1 aromatic carbocycles. The minimum atomic E-state index is -0.351. The first-order valence-corrected chi connectivity index (χ1v) is 13.9. The Morgan fingerprint density at radius 1 is 1.18 bits per heavy atom. The molecule has 0 aliphatic carbocycles. The van der Waals surface area contributed by atoms with Crippen LogP contribution < -0.4 is 4.90 Å². The van der Waals surface area contributed by atoms with Gasteiger partial charge >= 0.3 is 0 Å². The molecule has 11 nitrogen and oxygen atoms in total. The van der Waals surface area contributed by atoms with Gasteiger partial charge in [-0.1, -0.05) is 12.1 Å². The minimum absolute atomic E-state index is 0.00777. The van der Waals surface area contributed by atoms with Gasteiger partial charge in [-0.25, -0.2) is 0 Å². The number of hydrogen-bond acceptors (Lipinski definition) is 8. The van der Waals surface area contributed by atoms with Crippen LogP contribution in [0, 0.1) is 5.92 Å². The summed E-state index contributed by atoms with van der Waals surface area (Å²) in [6.07, 6.45) is 2.49. The summed E-state index contributed by atoms with van der Waals surface area (Å²) in [7, 11) is 3.92. The van der Waals surface area contributed by atoms with Crippen LogP contribution in [-0.2, 0) is 22.7 Å². The number of carbonyl (C=O) groups excluding carboxylic acids is 2. The zero-order chi connectivity index (χ0) is 27.9. The molecule has 0 saturated carbocycles. The summed E-state index contributed by atoms with van der Waals surface area (Å²) in [6, 6.07) is 7.52. The molecular formula is C28H43N7O4. The normalized spacial score (nSPS) is 22.5. The van der Waals surface area contributed by atoms with E-state index in [4.69, 9.17) is 4.74 Å². The molecule has 0 unspecified atom stereocenters. The van der Waals surface area contributed by atoms with Gasteiger partial charge < -0.3 is 29.4 Å². The second kappa shape index (κ2) is 13.4. The maximum absolute atomic E-state index is 13.4. The van der Waals surface area contributed by atoms with Crippen LogP contribution in [0.4, 0.5) is 5.69 Å². The van der Waals surface area contributed by atoms with Crippen molar-refractivity contribution < 1.29 is 19.4 Å². The van der Waals surface area contributed by atoms with Crippen LogP contribution in [0.1, 0.15) is 42.7 Å². The number of aliphatic hydroxyl groups excluding tert-OH is 1. The van der Waals surface area contributed by atoms with Crippen LogP contribution in [0.3, 0.4) is 0 Å². The molecule has 11 heteroatoms. The van der Waals surface area contributed by atoms with E-state index in [-0.39, 0.29) is 43.1 Å². The fraction of sp³-hybridized carbons (Fsp3) is 0.643. The van der Waals surface area contributed by atoms with E-state index in [1.807, 2.05) is 44.3 Å². The van der Waals surface area contributed by atoms with Crippen LogP contribution in [0.5, 0.6) is 0 Å². The Kier molecular flexibility index (Phi) is 9.93. The van der Waals surface area contributed by atoms with Crippen LogP contribution >= 0.6 is 0 Å². The standard InChI is InChI=1S/C28H43N7O4/c1-21-16-35(22(2)19-36)27(37)6-5-11-34-17-24(29-30-34)20-39-26(21)18-32(4)28(38)23-7-9-25(10-8-23)33-14-12-31(3)13-15-33/h7-10,17,21-22,26,36H,5-6,11-16,18-20H2,1-4H3/t21-,22-,26+/m1/s1. The number of aliphatic hydroxyl groups is 1. The second-order valence-corrected chi connectivity index (χ2v) is 11.0. The zero-order valence-electron chi connectivity index (χ0n) is 23.7. The number of likely N-dealkylation sites (N-methyl/N-ethyl adjacent to an activating group) is 2. The zero-order valence-corrected chi connectivity index (χ0v) is 23.7. The monoisotopic (exact) mass is 541 g/mol. The molecule has 1 fully saturated rings. The van der Waals surface area contributed by atoms with E-state index < -0.39 is 0 Å². The number of piperazine rings is 1. The number of nitrogens with zero attached hydrogens (tertiary/aromatic N) is 7. The molecule has 0 spiro atoms. The van der Waals surface area contributed by atoms with Gasteiger partial charge in [-0.2, -0.15) is 0 Å². The first-order valence-electron chi connectivity index (χ1n) is 13.9. The van der Waals surface area contributed by atoms with Gasteiger partial charge in [0.2, 0.25) is 5.91 Å². The largest absolute Gasteiger partial charge is 0.394 e. The van der Waals surface area contributed by atoms with Gasteiger partial charge in [0.25, 0.3) is 5.91 Å². The third-order valence-corrected chi connectivity index (χ3v) is 7.83. The van der Waals surface area contributed by atoms with Gasteiger partial charge in [-0.15, -0.1) is 5.10 Å². The summed E-state index contributed by atoms with van der Waals surface area (Å²) in [5.74, 6) is -0.179. The third kappa shape index (κ3) is 7.55. The fourth-order valence-corrected chi connectivity index (χ4v) is 5.15. The summed E-state index contributed by atoms with van der Waals surface area (Å²) < 4.78 is 8.03. The summed E-state index contributed by atoms with van der Waals surface area (Å²) in [4.78, 5) is 34.5. The molecule has 4 rings (SSSR count). The van der Waals surface area contributed by atoms with Gasteiger partial charge in [0.15, 0.2) is 0 Å². The summed E-state index contributed by atoms with van der Waals surface area (Å²) >= 11 is 0. The van der Waals surface area contributed by atoms with Crippen LogP contribution in [0.2, 0.25) is 0 Å². The number of ether oxygens (including phenoxy) is 1. The lowest BCUT2D eigenvalue weighted by molar-refractivity contribution is -0.136. The highest BCUT2D eigenvalue weighted by Gasteiger charge is 2.29. The van der Waals surface area contributed by atoms with Crippen molar-refractivity contribution >= 4 is 17.5 Å². The van der Waals surface area contributed by atoms with E-state index in [9.17, 15) is 14.7 Å². The quantitative estimate of drug-likeness (QED) is 0.584. The Labute approximate surface area is 231 Å². The first kappa shape index (κ1) is 29.0. The van der Waals surface area contributed by atoms with Gasteiger partial charge in [0, 0.05) is 76.5 Å². The highest BCUT2D eigenvalue weighted by Crippen LogP contribution is 2.20. The SMILES string of the molecule is C[C@@H]1CN([C@H](C)CO)C(=O)CCCn2cc(nn2)CO[C@H]1CN(C)C(=O)c1ccc(N2CCN(C)CC2)cc1. The van der Waals surface area contributed by atoms with Gasteiger partial charge in [-0.05, 0) is 44.7 Å². The molecule has 39 heavy (non-hydrogen) atoms. The first-order chi connectivity index (χ1) is 18.7. The fourth-order valence-electron chi connectivity index (χ4n) is 5.15. The number of anilines is 1. The number of aryl methyl sites for hydroxylation is 1. The average Bonchev–Trinajstić information content (AvgIpc) is 3.40. The molecular weight excluding hydrogens is 498 g/mol. The predicted molar refractivity (Wildman–Crippen MR) is 148 cm³/mol.